The standard InChI is InChI=1S/C24H28N4O2/c1-19-7-5-8-21(17-19)27-14-12-26(13-15-27)20(2)18-28(23-10-3-4-11-25-23)24(29)22-9-6-16-30-22/h3-11,16-17,20H,12-15,18H2,1-2H3. The summed E-state index contributed by atoms with van der Waals surface area (Å²) in [6, 6.07) is 17.9. The van der Waals surface area contributed by atoms with E-state index in [0.717, 1.165) is 26.2 Å². The van der Waals surface area contributed by atoms with Crippen LogP contribution in [0.4, 0.5) is 11.5 Å². The second kappa shape index (κ2) is 9.13. The molecule has 1 aliphatic rings. The molecule has 1 atom stereocenters. The molecule has 6 heteroatoms. The average molecular weight is 405 g/mol. The number of amides is 1. The molecule has 156 valence electrons. The van der Waals surface area contributed by atoms with E-state index in [4.69, 9.17) is 4.42 Å². The number of benzene rings is 1. The normalized spacial score (nSPS) is 15.7. The summed E-state index contributed by atoms with van der Waals surface area (Å²) in [5.41, 5.74) is 2.57. The van der Waals surface area contributed by atoms with Crippen molar-refractivity contribution >= 4 is 17.4 Å². The molecule has 0 spiro atoms. The van der Waals surface area contributed by atoms with E-state index in [1.165, 1.54) is 17.5 Å². The number of aryl methyl sites for hydroxylation is 1. The molecule has 1 fully saturated rings. The minimum absolute atomic E-state index is 0.163. The lowest BCUT2D eigenvalue weighted by Gasteiger charge is -2.40. The van der Waals surface area contributed by atoms with Crippen LogP contribution >= 0.6 is 0 Å². The number of hydrogen-bond donors (Lipinski definition) is 0. The number of carbonyl (C=O) groups is 1. The van der Waals surface area contributed by atoms with E-state index in [2.05, 4.69) is 52.9 Å². The Labute approximate surface area is 177 Å². The SMILES string of the molecule is Cc1cccc(N2CCN(C(C)CN(C(=O)c3ccco3)c3ccccn3)CC2)c1. The summed E-state index contributed by atoms with van der Waals surface area (Å²) in [7, 11) is 0. The Kier molecular flexibility index (Phi) is 6.14. The first-order chi connectivity index (χ1) is 14.6. The van der Waals surface area contributed by atoms with Crippen molar-refractivity contribution in [3.8, 4) is 0 Å². The molecule has 30 heavy (non-hydrogen) atoms. The third-order valence-corrected chi connectivity index (χ3v) is 5.65. The maximum absolute atomic E-state index is 13.1. The molecule has 6 nitrogen and oxygen atoms in total. The summed E-state index contributed by atoms with van der Waals surface area (Å²) < 4.78 is 5.36. The van der Waals surface area contributed by atoms with Crippen LogP contribution in [0.1, 0.15) is 23.0 Å². The highest BCUT2D eigenvalue weighted by molar-refractivity contribution is 6.03. The monoisotopic (exact) mass is 404 g/mol. The minimum Gasteiger partial charge on any atom is -0.459 e. The summed E-state index contributed by atoms with van der Waals surface area (Å²) in [6.45, 7) is 8.73. The molecule has 2 aromatic heterocycles. The molecule has 1 saturated heterocycles. The molecule has 4 rings (SSSR count). The van der Waals surface area contributed by atoms with Crippen LogP contribution in [-0.2, 0) is 0 Å². The number of hydrogen-bond acceptors (Lipinski definition) is 5. The number of furan rings is 1. The number of nitrogens with zero attached hydrogens (tertiary/aromatic N) is 4. The van der Waals surface area contributed by atoms with Crippen molar-refractivity contribution in [2.75, 3.05) is 42.5 Å². The highest BCUT2D eigenvalue weighted by Crippen LogP contribution is 2.20. The summed E-state index contributed by atoms with van der Waals surface area (Å²) in [5, 5.41) is 0. The summed E-state index contributed by atoms with van der Waals surface area (Å²) in [4.78, 5) is 24.1. The van der Waals surface area contributed by atoms with Gasteiger partial charge in [0, 0.05) is 50.6 Å². The van der Waals surface area contributed by atoms with E-state index in [-0.39, 0.29) is 11.9 Å². The second-order valence-corrected chi connectivity index (χ2v) is 7.79. The van der Waals surface area contributed by atoms with E-state index in [9.17, 15) is 4.79 Å². The van der Waals surface area contributed by atoms with Gasteiger partial charge in [0.25, 0.3) is 5.91 Å². The number of carbonyl (C=O) groups excluding carboxylic acids is 1. The molecule has 1 aromatic carbocycles. The van der Waals surface area contributed by atoms with Gasteiger partial charge in [-0.2, -0.15) is 0 Å². The molecule has 1 amide bonds. The number of rotatable bonds is 6. The van der Waals surface area contributed by atoms with E-state index < -0.39 is 0 Å². The van der Waals surface area contributed by atoms with Crippen molar-refractivity contribution in [2.45, 2.75) is 19.9 Å². The van der Waals surface area contributed by atoms with E-state index >= 15 is 0 Å². The van der Waals surface area contributed by atoms with Gasteiger partial charge in [0.2, 0.25) is 0 Å². The van der Waals surface area contributed by atoms with Gasteiger partial charge in [0.1, 0.15) is 5.82 Å². The Morgan fingerprint density at radius 1 is 1.10 bits per heavy atom. The van der Waals surface area contributed by atoms with Gasteiger partial charge in [0.05, 0.1) is 6.26 Å². The lowest BCUT2D eigenvalue weighted by Crippen LogP contribution is -2.53. The van der Waals surface area contributed by atoms with Gasteiger partial charge < -0.3 is 9.32 Å². The predicted octanol–water partition coefficient (Wildman–Crippen LogP) is 3.84. The molecule has 1 aliphatic heterocycles. The van der Waals surface area contributed by atoms with Gasteiger partial charge in [-0.05, 0) is 55.8 Å². The Bertz CT molecular complexity index is 950. The largest absolute Gasteiger partial charge is 0.459 e. The second-order valence-electron chi connectivity index (χ2n) is 7.79. The zero-order valence-electron chi connectivity index (χ0n) is 17.6. The Balaban J connectivity index is 1.43. The van der Waals surface area contributed by atoms with Crippen molar-refractivity contribution < 1.29 is 9.21 Å². The minimum atomic E-state index is -0.163. The summed E-state index contributed by atoms with van der Waals surface area (Å²) >= 11 is 0. The van der Waals surface area contributed by atoms with Gasteiger partial charge in [-0.15, -0.1) is 0 Å². The molecule has 0 radical (unpaired) electrons. The lowest BCUT2D eigenvalue weighted by molar-refractivity contribution is 0.0946. The van der Waals surface area contributed by atoms with Crippen molar-refractivity contribution in [1.82, 2.24) is 9.88 Å². The average Bonchev–Trinajstić information content (AvgIpc) is 3.33. The van der Waals surface area contributed by atoms with Crippen molar-refractivity contribution in [3.05, 3.63) is 78.4 Å². The van der Waals surface area contributed by atoms with Gasteiger partial charge in [-0.25, -0.2) is 4.98 Å². The Morgan fingerprint density at radius 2 is 1.93 bits per heavy atom. The molecule has 0 bridgehead atoms. The van der Waals surface area contributed by atoms with Gasteiger partial charge in [-0.1, -0.05) is 18.2 Å². The van der Waals surface area contributed by atoms with Crippen molar-refractivity contribution in [2.24, 2.45) is 0 Å². The number of aromatic nitrogens is 1. The zero-order chi connectivity index (χ0) is 20.9. The maximum atomic E-state index is 13.1. The molecule has 3 aromatic rings. The molecule has 0 N–H and O–H groups in total. The van der Waals surface area contributed by atoms with E-state index in [0.29, 0.717) is 18.1 Å². The van der Waals surface area contributed by atoms with Crippen LogP contribution in [0, 0.1) is 6.92 Å². The van der Waals surface area contributed by atoms with E-state index in [1.807, 2.05) is 18.2 Å². The first-order valence-electron chi connectivity index (χ1n) is 10.4. The van der Waals surface area contributed by atoms with Crippen LogP contribution in [0.25, 0.3) is 0 Å². The number of pyridine rings is 1. The van der Waals surface area contributed by atoms with E-state index in [1.54, 1.807) is 23.2 Å². The molecule has 3 heterocycles. The fraction of sp³-hybridized carbons (Fsp3) is 0.333. The van der Waals surface area contributed by atoms with Crippen LogP contribution in [0.15, 0.2) is 71.5 Å². The zero-order valence-corrected chi connectivity index (χ0v) is 17.6. The quantitative estimate of drug-likeness (QED) is 0.625. The molecule has 1 unspecified atom stereocenters. The molecule has 0 saturated carbocycles. The predicted molar refractivity (Wildman–Crippen MR) is 119 cm³/mol. The Hall–Kier alpha value is -3.12. The highest BCUT2D eigenvalue weighted by atomic mass is 16.3. The van der Waals surface area contributed by atoms with Crippen LogP contribution in [0.2, 0.25) is 0 Å². The van der Waals surface area contributed by atoms with Crippen molar-refractivity contribution in [3.63, 3.8) is 0 Å². The highest BCUT2D eigenvalue weighted by Gasteiger charge is 2.27. The van der Waals surface area contributed by atoms with Crippen molar-refractivity contribution in [1.29, 1.82) is 0 Å². The third kappa shape index (κ3) is 4.54. The molecule has 0 aliphatic carbocycles. The first-order valence-corrected chi connectivity index (χ1v) is 10.4. The van der Waals surface area contributed by atoms with Crippen LogP contribution in [0.3, 0.4) is 0 Å². The fourth-order valence-electron chi connectivity index (χ4n) is 3.95. The number of piperazine rings is 1. The van der Waals surface area contributed by atoms with Gasteiger partial charge in [-0.3, -0.25) is 14.6 Å². The molecular weight excluding hydrogens is 376 g/mol. The van der Waals surface area contributed by atoms with Crippen LogP contribution in [-0.4, -0.2) is 54.6 Å². The van der Waals surface area contributed by atoms with Gasteiger partial charge in [0.15, 0.2) is 5.76 Å². The topological polar surface area (TPSA) is 52.8 Å². The smallest absolute Gasteiger partial charge is 0.295 e. The fourth-order valence-corrected chi connectivity index (χ4v) is 3.95. The number of anilines is 2. The summed E-state index contributed by atoms with van der Waals surface area (Å²) in [6.07, 6.45) is 3.24. The summed E-state index contributed by atoms with van der Waals surface area (Å²) in [5.74, 6) is 0.810. The Morgan fingerprint density at radius 3 is 2.60 bits per heavy atom. The van der Waals surface area contributed by atoms with Crippen LogP contribution < -0.4 is 9.80 Å². The van der Waals surface area contributed by atoms with Gasteiger partial charge >= 0.3 is 0 Å². The van der Waals surface area contributed by atoms with Crippen LogP contribution in [0.5, 0.6) is 0 Å². The first kappa shape index (κ1) is 20.2. The maximum Gasteiger partial charge on any atom is 0.295 e. The molecular formula is C24H28N4O2. The lowest BCUT2D eigenvalue weighted by atomic mass is 10.1. The third-order valence-electron chi connectivity index (χ3n) is 5.65.